The van der Waals surface area contributed by atoms with E-state index in [2.05, 4.69) is 20.4 Å². The molecule has 132 valence electrons. The SMILES string of the molecule is CC(=O)N1CCC(NC(=O)CN2CCC(c3cn[nH]c3)CC2)CC1. The molecule has 0 spiro atoms. The van der Waals surface area contributed by atoms with E-state index in [1.165, 1.54) is 5.56 Å². The predicted octanol–water partition coefficient (Wildman–Crippen LogP) is 0.716. The number of likely N-dealkylation sites (tertiary alicyclic amines) is 2. The summed E-state index contributed by atoms with van der Waals surface area (Å²) in [6, 6.07) is 0.205. The topological polar surface area (TPSA) is 81.3 Å². The smallest absolute Gasteiger partial charge is 0.234 e. The van der Waals surface area contributed by atoms with Crippen LogP contribution >= 0.6 is 0 Å². The third kappa shape index (κ3) is 4.35. The van der Waals surface area contributed by atoms with Crippen LogP contribution in [0.1, 0.15) is 44.1 Å². The van der Waals surface area contributed by atoms with E-state index in [9.17, 15) is 9.59 Å². The Hall–Kier alpha value is -1.89. The van der Waals surface area contributed by atoms with Gasteiger partial charge in [0.1, 0.15) is 0 Å². The highest BCUT2D eigenvalue weighted by Crippen LogP contribution is 2.26. The van der Waals surface area contributed by atoms with Crippen LogP contribution in [0.2, 0.25) is 0 Å². The number of nitrogens with one attached hydrogen (secondary N) is 2. The van der Waals surface area contributed by atoms with Crippen molar-refractivity contribution in [3.63, 3.8) is 0 Å². The van der Waals surface area contributed by atoms with E-state index < -0.39 is 0 Å². The van der Waals surface area contributed by atoms with Crippen molar-refractivity contribution >= 4 is 11.8 Å². The summed E-state index contributed by atoms with van der Waals surface area (Å²) >= 11 is 0. The lowest BCUT2D eigenvalue weighted by molar-refractivity contribution is -0.130. The number of H-pyrrole nitrogens is 1. The molecule has 0 radical (unpaired) electrons. The molecule has 7 heteroatoms. The molecule has 2 saturated heterocycles. The maximum Gasteiger partial charge on any atom is 0.234 e. The largest absolute Gasteiger partial charge is 0.352 e. The number of aromatic amines is 1. The maximum atomic E-state index is 12.3. The van der Waals surface area contributed by atoms with Gasteiger partial charge >= 0.3 is 0 Å². The number of hydrogen-bond donors (Lipinski definition) is 2. The van der Waals surface area contributed by atoms with Gasteiger partial charge in [0, 0.05) is 32.3 Å². The van der Waals surface area contributed by atoms with Gasteiger partial charge in [-0.1, -0.05) is 0 Å². The lowest BCUT2D eigenvalue weighted by Crippen LogP contribution is -2.49. The van der Waals surface area contributed by atoms with Crippen LogP contribution in [0.15, 0.2) is 12.4 Å². The van der Waals surface area contributed by atoms with Crippen LogP contribution in [0, 0.1) is 0 Å². The van der Waals surface area contributed by atoms with Crippen molar-refractivity contribution in [3.8, 4) is 0 Å². The molecule has 3 heterocycles. The molecule has 0 aromatic carbocycles. The molecule has 0 bridgehead atoms. The van der Waals surface area contributed by atoms with Crippen LogP contribution in [0.3, 0.4) is 0 Å². The van der Waals surface area contributed by atoms with Crippen LogP contribution in [0.25, 0.3) is 0 Å². The van der Waals surface area contributed by atoms with Crippen molar-refractivity contribution < 1.29 is 9.59 Å². The van der Waals surface area contributed by atoms with Gasteiger partial charge < -0.3 is 10.2 Å². The molecule has 0 atom stereocenters. The second kappa shape index (κ2) is 7.79. The Balaban J connectivity index is 1.36. The number of carbonyl (C=O) groups excluding carboxylic acids is 2. The van der Waals surface area contributed by atoms with Gasteiger partial charge in [0.05, 0.1) is 12.7 Å². The van der Waals surface area contributed by atoms with Crippen LogP contribution in [0.5, 0.6) is 0 Å². The fraction of sp³-hybridized carbons (Fsp3) is 0.706. The normalized spacial score (nSPS) is 21.0. The summed E-state index contributed by atoms with van der Waals surface area (Å²) in [5.74, 6) is 0.789. The fourth-order valence-electron chi connectivity index (χ4n) is 3.72. The molecule has 0 aliphatic carbocycles. The summed E-state index contributed by atoms with van der Waals surface area (Å²) in [5, 5.41) is 10.0. The second-order valence-electron chi connectivity index (χ2n) is 6.93. The first kappa shape index (κ1) is 17.0. The first-order valence-corrected chi connectivity index (χ1v) is 8.87. The zero-order valence-corrected chi connectivity index (χ0v) is 14.3. The predicted molar refractivity (Wildman–Crippen MR) is 90.4 cm³/mol. The lowest BCUT2D eigenvalue weighted by atomic mass is 9.91. The molecule has 2 fully saturated rings. The number of hydrogen-bond acceptors (Lipinski definition) is 4. The molecular weight excluding hydrogens is 306 g/mol. The molecule has 1 aromatic rings. The number of nitrogens with zero attached hydrogens (tertiary/aromatic N) is 3. The number of piperidine rings is 2. The molecule has 0 saturated carbocycles. The van der Waals surface area contributed by atoms with Crippen molar-refractivity contribution in [1.82, 2.24) is 25.3 Å². The third-order valence-corrected chi connectivity index (χ3v) is 5.25. The van der Waals surface area contributed by atoms with E-state index in [-0.39, 0.29) is 17.9 Å². The maximum absolute atomic E-state index is 12.3. The van der Waals surface area contributed by atoms with Gasteiger partial charge in [-0.05, 0) is 50.3 Å². The standard InChI is InChI=1S/C17H27N5O2/c1-13(23)22-8-4-16(5-9-22)20-17(24)12-21-6-2-14(3-7-21)15-10-18-19-11-15/h10-11,14,16H,2-9,12H2,1H3,(H,18,19)(H,20,24). The van der Waals surface area contributed by atoms with Gasteiger partial charge in [-0.2, -0.15) is 5.10 Å². The van der Waals surface area contributed by atoms with E-state index in [1.807, 2.05) is 17.3 Å². The summed E-state index contributed by atoms with van der Waals surface area (Å²) in [5.41, 5.74) is 1.27. The Labute approximate surface area is 142 Å². The first-order valence-electron chi connectivity index (χ1n) is 8.87. The van der Waals surface area contributed by atoms with Crippen LogP contribution in [-0.2, 0) is 9.59 Å². The highest BCUT2D eigenvalue weighted by molar-refractivity contribution is 5.78. The highest BCUT2D eigenvalue weighted by atomic mass is 16.2. The van der Waals surface area contributed by atoms with Crippen molar-refractivity contribution in [2.45, 2.75) is 44.6 Å². The van der Waals surface area contributed by atoms with Crippen LogP contribution in [0.4, 0.5) is 0 Å². The fourth-order valence-corrected chi connectivity index (χ4v) is 3.72. The van der Waals surface area contributed by atoms with Crippen molar-refractivity contribution in [2.24, 2.45) is 0 Å². The zero-order valence-electron chi connectivity index (χ0n) is 14.3. The Morgan fingerprint density at radius 1 is 1.21 bits per heavy atom. The number of aromatic nitrogens is 2. The summed E-state index contributed by atoms with van der Waals surface area (Å²) in [6.45, 7) is 5.47. The molecule has 0 unspecified atom stereocenters. The van der Waals surface area contributed by atoms with Gasteiger partial charge in [-0.15, -0.1) is 0 Å². The summed E-state index contributed by atoms with van der Waals surface area (Å²) in [7, 11) is 0. The zero-order chi connectivity index (χ0) is 16.9. The lowest BCUT2D eigenvalue weighted by Gasteiger charge is -2.33. The average molecular weight is 333 g/mol. The van der Waals surface area contributed by atoms with Gasteiger partial charge in [0.15, 0.2) is 0 Å². The minimum atomic E-state index is 0.109. The van der Waals surface area contributed by atoms with Gasteiger partial charge in [0.25, 0.3) is 0 Å². The van der Waals surface area contributed by atoms with Crippen LogP contribution < -0.4 is 5.32 Å². The minimum absolute atomic E-state index is 0.109. The molecule has 2 amide bonds. The van der Waals surface area contributed by atoms with Gasteiger partial charge in [0.2, 0.25) is 11.8 Å². The molecule has 2 aliphatic heterocycles. The number of carbonyl (C=O) groups is 2. The van der Waals surface area contributed by atoms with E-state index in [4.69, 9.17) is 0 Å². The molecule has 2 aliphatic rings. The van der Waals surface area contributed by atoms with Crippen molar-refractivity contribution in [3.05, 3.63) is 18.0 Å². The third-order valence-electron chi connectivity index (χ3n) is 5.25. The van der Waals surface area contributed by atoms with Crippen molar-refractivity contribution in [1.29, 1.82) is 0 Å². The van der Waals surface area contributed by atoms with E-state index in [0.29, 0.717) is 12.5 Å². The first-order chi connectivity index (χ1) is 11.6. The molecule has 24 heavy (non-hydrogen) atoms. The number of rotatable bonds is 4. The highest BCUT2D eigenvalue weighted by Gasteiger charge is 2.25. The van der Waals surface area contributed by atoms with E-state index >= 15 is 0 Å². The molecule has 1 aromatic heterocycles. The number of amides is 2. The Kier molecular flexibility index (Phi) is 5.50. The van der Waals surface area contributed by atoms with E-state index in [1.54, 1.807) is 6.92 Å². The summed E-state index contributed by atoms with van der Waals surface area (Å²) in [4.78, 5) is 27.7. The Morgan fingerprint density at radius 2 is 1.92 bits per heavy atom. The Bertz CT molecular complexity index is 543. The molecule has 3 rings (SSSR count). The van der Waals surface area contributed by atoms with Gasteiger partial charge in [-0.3, -0.25) is 19.6 Å². The minimum Gasteiger partial charge on any atom is -0.352 e. The van der Waals surface area contributed by atoms with Crippen molar-refractivity contribution in [2.75, 3.05) is 32.7 Å². The Morgan fingerprint density at radius 3 is 2.50 bits per heavy atom. The average Bonchev–Trinajstić information content (AvgIpc) is 3.10. The monoisotopic (exact) mass is 333 g/mol. The molecule has 7 nitrogen and oxygen atoms in total. The van der Waals surface area contributed by atoms with Gasteiger partial charge in [-0.25, -0.2) is 0 Å². The summed E-state index contributed by atoms with van der Waals surface area (Å²) < 4.78 is 0. The molecular formula is C17H27N5O2. The van der Waals surface area contributed by atoms with E-state index in [0.717, 1.165) is 51.9 Å². The quantitative estimate of drug-likeness (QED) is 0.850. The molecule has 2 N–H and O–H groups in total. The second-order valence-corrected chi connectivity index (χ2v) is 6.93. The van der Waals surface area contributed by atoms with Crippen LogP contribution in [-0.4, -0.2) is 70.6 Å². The summed E-state index contributed by atoms with van der Waals surface area (Å²) in [6.07, 6.45) is 7.73.